The van der Waals surface area contributed by atoms with Gasteiger partial charge in [-0.15, -0.1) is 0 Å². The van der Waals surface area contributed by atoms with Gasteiger partial charge in [0.2, 0.25) is 10.0 Å². The Morgan fingerprint density at radius 1 is 1.14 bits per heavy atom. The van der Waals surface area contributed by atoms with Crippen LogP contribution in [0.25, 0.3) is 0 Å². The Balaban J connectivity index is 2.94. The molecule has 1 rings (SSSR count). The minimum Gasteiger partial charge on any atom is -0.352 e. The fourth-order valence-electron chi connectivity index (χ4n) is 2.29. The van der Waals surface area contributed by atoms with Crippen molar-refractivity contribution in [1.82, 2.24) is 14.2 Å². The summed E-state index contributed by atoms with van der Waals surface area (Å²) in [5.41, 5.74) is 0.995. The second-order valence-electron chi connectivity index (χ2n) is 5.36. The normalized spacial score (nSPS) is 12.2. The molecule has 0 saturated heterocycles. The number of nitrogens with one attached hydrogen (secondary N) is 1. The van der Waals surface area contributed by atoms with Gasteiger partial charge in [0, 0.05) is 38.6 Å². The molecule has 0 saturated carbocycles. The summed E-state index contributed by atoms with van der Waals surface area (Å²) in [4.78, 5) is 0.403. The van der Waals surface area contributed by atoms with Gasteiger partial charge in [0.05, 0.1) is 0 Å². The Kier molecular flexibility index (Phi) is 7.42. The molecule has 0 amide bonds. The molecule has 0 radical (unpaired) electrons. The number of aryl methyl sites for hydroxylation is 1. The molecule has 0 aliphatic rings. The van der Waals surface area contributed by atoms with Crippen LogP contribution in [0.15, 0.2) is 17.2 Å². The lowest BCUT2D eigenvalue weighted by atomic mass is 10.4. The molecular weight excluding hydrogens is 286 g/mol. The summed E-state index contributed by atoms with van der Waals surface area (Å²) in [6, 6.07) is 1.79. The van der Waals surface area contributed by atoms with Crippen LogP contribution >= 0.6 is 0 Å². The highest BCUT2D eigenvalue weighted by Gasteiger charge is 2.24. The Morgan fingerprint density at radius 3 is 2.29 bits per heavy atom. The van der Waals surface area contributed by atoms with E-state index in [0.29, 0.717) is 24.5 Å². The number of sulfonamides is 1. The molecule has 0 aromatic carbocycles. The second kappa shape index (κ2) is 8.56. The Hall–Kier alpha value is -0.850. The highest BCUT2D eigenvalue weighted by Crippen LogP contribution is 2.19. The molecule has 0 spiro atoms. The van der Waals surface area contributed by atoms with Crippen LogP contribution in [0.3, 0.4) is 0 Å². The predicted molar refractivity (Wildman–Crippen MR) is 86.8 cm³/mol. The summed E-state index contributed by atoms with van der Waals surface area (Å²) in [6.07, 6.45) is 4.45. The van der Waals surface area contributed by atoms with Crippen LogP contribution in [0.2, 0.25) is 0 Å². The Bertz CT molecular complexity index is 517. The van der Waals surface area contributed by atoms with Crippen molar-refractivity contribution in [1.29, 1.82) is 0 Å². The van der Waals surface area contributed by atoms with Crippen molar-refractivity contribution in [2.45, 2.75) is 51.5 Å². The van der Waals surface area contributed by atoms with E-state index in [4.69, 9.17) is 0 Å². The van der Waals surface area contributed by atoms with Crippen molar-refractivity contribution < 1.29 is 8.42 Å². The van der Waals surface area contributed by atoms with Gasteiger partial charge in [-0.05, 0) is 31.9 Å². The van der Waals surface area contributed by atoms with Crippen LogP contribution in [0.1, 0.15) is 45.7 Å². The van der Waals surface area contributed by atoms with E-state index < -0.39 is 10.0 Å². The first-order valence-electron chi connectivity index (χ1n) is 7.83. The van der Waals surface area contributed by atoms with Crippen molar-refractivity contribution in [3.63, 3.8) is 0 Å². The van der Waals surface area contributed by atoms with Gasteiger partial charge >= 0.3 is 0 Å². The van der Waals surface area contributed by atoms with Gasteiger partial charge < -0.3 is 9.88 Å². The monoisotopic (exact) mass is 315 g/mol. The average molecular weight is 315 g/mol. The van der Waals surface area contributed by atoms with Gasteiger partial charge in [-0.1, -0.05) is 20.8 Å². The van der Waals surface area contributed by atoms with E-state index in [1.54, 1.807) is 16.6 Å². The fourth-order valence-corrected chi connectivity index (χ4v) is 4.01. The third-order valence-electron chi connectivity index (χ3n) is 3.40. The number of hydrogen-bond donors (Lipinski definition) is 1. The molecule has 122 valence electrons. The summed E-state index contributed by atoms with van der Waals surface area (Å²) in [7, 11) is -1.48. The number of nitrogens with zero attached hydrogens (tertiary/aromatic N) is 2. The van der Waals surface area contributed by atoms with Crippen LogP contribution < -0.4 is 5.32 Å². The van der Waals surface area contributed by atoms with E-state index in [1.807, 2.05) is 25.5 Å². The van der Waals surface area contributed by atoms with Gasteiger partial charge in [-0.3, -0.25) is 0 Å². The molecule has 1 aromatic heterocycles. The third kappa shape index (κ3) is 4.83. The van der Waals surface area contributed by atoms with E-state index in [0.717, 1.165) is 31.5 Å². The standard InChI is InChI=1S/C15H29N3O2S/c1-5-8-16-12-14-11-15(13-17(14)4)21(19,20)18(9-6-2)10-7-3/h11,13,16H,5-10,12H2,1-4H3. The van der Waals surface area contributed by atoms with E-state index >= 15 is 0 Å². The minimum absolute atomic E-state index is 0.403. The van der Waals surface area contributed by atoms with Gasteiger partial charge in [0.1, 0.15) is 4.90 Å². The lowest BCUT2D eigenvalue weighted by Gasteiger charge is -2.20. The molecule has 0 atom stereocenters. The van der Waals surface area contributed by atoms with E-state index in [-0.39, 0.29) is 0 Å². The van der Waals surface area contributed by atoms with Crippen LogP contribution in [0.5, 0.6) is 0 Å². The summed E-state index contributed by atoms with van der Waals surface area (Å²) >= 11 is 0. The number of rotatable bonds is 10. The van der Waals surface area contributed by atoms with Crippen molar-refractivity contribution in [3.05, 3.63) is 18.0 Å². The maximum atomic E-state index is 12.7. The number of aromatic nitrogens is 1. The zero-order valence-corrected chi connectivity index (χ0v) is 14.5. The van der Waals surface area contributed by atoms with Gasteiger partial charge in [0.15, 0.2) is 0 Å². The third-order valence-corrected chi connectivity index (χ3v) is 5.26. The maximum absolute atomic E-state index is 12.7. The van der Waals surface area contributed by atoms with E-state index in [1.165, 1.54) is 0 Å². The summed E-state index contributed by atoms with van der Waals surface area (Å²) in [5, 5.41) is 3.31. The van der Waals surface area contributed by atoms with Crippen LogP contribution in [0.4, 0.5) is 0 Å². The summed E-state index contributed by atoms with van der Waals surface area (Å²) in [5.74, 6) is 0. The smallest absolute Gasteiger partial charge is 0.244 e. The molecule has 0 bridgehead atoms. The van der Waals surface area contributed by atoms with E-state index in [2.05, 4.69) is 12.2 Å². The van der Waals surface area contributed by atoms with Crippen LogP contribution in [-0.4, -0.2) is 36.9 Å². The molecule has 1 heterocycles. The molecule has 1 aromatic rings. The average Bonchev–Trinajstić information content (AvgIpc) is 2.81. The zero-order chi connectivity index (χ0) is 15.9. The minimum atomic E-state index is -3.37. The molecule has 0 unspecified atom stereocenters. The first-order valence-corrected chi connectivity index (χ1v) is 9.27. The molecular formula is C15H29N3O2S. The van der Waals surface area contributed by atoms with Crippen molar-refractivity contribution in [2.75, 3.05) is 19.6 Å². The van der Waals surface area contributed by atoms with Crippen LogP contribution in [0, 0.1) is 0 Å². The topological polar surface area (TPSA) is 54.3 Å². The van der Waals surface area contributed by atoms with Crippen molar-refractivity contribution in [3.8, 4) is 0 Å². The molecule has 5 nitrogen and oxygen atoms in total. The Labute approximate surface area is 129 Å². The van der Waals surface area contributed by atoms with Crippen molar-refractivity contribution in [2.24, 2.45) is 7.05 Å². The molecule has 1 N–H and O–H groups in total. The zero-order valence-electron chi connectivity index (χ0n) is 13.7. The van der Waals surface area contributed by atoms with Gasteiger partial charge in [0.25, 0.3) is 0 Å². The lowest BCUT2D eigenvalue weighted by Crippen LogP contribution is -2.32. The molecule has 0 aliphatic heterocycles. The largest absolute Gasteiger partial charge is 0.352 e. The second-order valence-corrected chi connectivity index (χ2v) is 7.30. The van der Waals surface area contributed by atoms with Crippen molar-refractivity contribution >= 4 is 10.0 Å². The lowest BCUT2D eigenvalue weighted by molar-refractivity contribution is 0.410. The van der Waals surface area contributed by atoms with Gasteiger partial charge in [-0.2, -0.15) is 4.31 Å². The van der Waals surface area contributed by atoms with Gasteiger partial charge in [-0.25, -0.2) is 8.42 Å². The predicted octanol–water partition coefficient (Wildman–Crippen LogP) is 2.34. The highest BCUT2D eigenvalue weighted by atomic mass is 32.2. The van der Waals surface area contributed by atoms with Crippen LogP contribution in [-0.2, 0) is 23.6 Å². The Morgan fingerprint density at radius 2 is 1.76 bits per heavy atom. The SMILES string of the molecule is CCCNCc1cc(S(=O)(=O)N(CCC)CCC)cn1C. The molecule has 21 heavy (non-hydrogen) atoms. The maximum Gasteiger partial charge on any atom is 0.244 e. The highest BCUT2D eigenvalue weighted by molar-refractivity contribution is 7.89. The summed E-state index contributed by atoms with van der Waals surface area (Å²) < 4.78 is 28.9. The quantitative estimate of drug-likeness (QED) is 0.674. The molecule has 0 fully saturated rings. The van der Waals surface area contributed by atoms with E-state index in [9.17, 15) is 8.42 Å². The summed E-state index contributed by atoms with van der Waals surface area (Å²) in [6.45, 7) is 8.91. The first kappa shape index (κ1) is 18.2. The first-order chi connectivity index (χ1) is 9.97. The molecule has 0 aliphatic carbocycles. The number of hydrogen-bond acceptors (Lipinski definition) is 3. The molecule has 6 heteroatoms. The fraction of sp³-hybridized carbons (Fsp3) is 0.733.